The Morgan fingerprint density at radius 2 is 2.09 bits per heavy atom. The molecule has 0 bridgehead atoms. The van der Waals surface area contributed by atoms with Crippen LogP contribution in [0.1, 0.15) is 65.7 Å². The number of hydrogen-bond donors (Lipinski definition) is 2. The first-order valence-electron chi connectivity index (χ1n) is 8.77. The van der Waals surface area contributed by atoms with Crippen molar-refractivity contribution in [3.8, 4) is 0 Å². The molecule has 0 radical (unpaired) electrons. The highest BCUT2D eigenvalue weighted by atomic mass is 16.4. The number of allylic oxidation sites excluding steroid dienone is 1. The first-order chi connectivity index (χ1) is 10.3. The summed E-state index contributed by atoms with van der Waals surface area (Å²) in [4.78, 5) is 11.9. The lowest BCUT2D eigenvalue weighted by atomic mass is 9.46. The lowest BCUT2D eigenvalue weighted by Gasteiger charge is -2.57. The van der Waals surface area contributed by atoms with Gasteiger partial charge >= 0.3 is 5.97 Å². The van der Waals surface area contributed by atoms with Gasteiger partial charge in [0.1, 0.15) is 0 Å². The zero-order chi connectivity index (χ0) is 16.5. The third-order valence-corrected chi connectivity index (χ3v) is 6.77. The topological polar surface area (TPSA) is 57.5 Å². The molecule has 2 N–H and O–H groups in total. The van der Waals surface area contributed by atoms with Crippen LogP contribution >= 0.6 is 0 Å². The van der Waals surface area contributed by atoms with Gasteiger partial charge in [0.2, 0.25) is 0 Å². The van der Waals surface area contributed by atoms with Crippen molar-refractivity contribution in [2.24, 2.45) is 28.6 Å². The van der Waals surface area contributed by atoms with Crippen LogP contribution in [0, 0.1) is 28.6 Å². The molecule has 0 aromatic carbocycles. The molecule has 5 atom stereocenters. The largest absolute Gasteiger partial charge is 0.481 e. The van der Waals surface area contributed by atoms with E-state index in [0.717, 1.165) is 44.9 Å². The number of hydrogen-bond acceptors (Lipinski definition) is 2. The summed E-state index contributed by atoms with van der Waals surface area (Å²) in [5, 5.41) is 19.1. The van der Waals surface area contributed by atoms with Crippen molar-refractivity contribution < 1.29 is 15.0 Å². The summed E-state index contributed by atoms with van der Waals surface area (Å²) in [5.74, 6) is 0.329. The van der Waals surface area contributed by atoms with Crippen LogP contribution < -0.4 is 0 Å². The quantitative estimate of drug-likeness (QED) is 0.746. The highest BCUT2D eigenvalue weighted by Gasteiger charge is 2.57. The number of carboxylic acid groups (broad SMARTS) is 1. The van der Waals surface area contributed by atoms with Gasteiger partial charge in [-0.05, 0) is 68.6 Å². The number of aliphatic carboxylic acids is 1. The van der Waals surface area contributed by atoms with Crippen LogP contribution in [0.5, 0.6) is 0 Å². The van der Waals surface area contributed by atoms with E-state index in [1.807, 2.05) is 6.92 Å². The van der Waals surface area contributed by atoms with Gasteiger partial charge in [0.05, 0.1) is 5.41 Å². The third-order valence-electron chi connectivity index (χ3n) is 6.77. The molecule has 0 heterocycles. The third kappa shape index (κ3) is 2.84. The molecule has 0 aromatic rings. The van der Waals surface area contributed by atoms with Crippen LogP contribution in [0.3, 0.4) is 0 Å². The first-order valence-corrected chi connectivity index (χ1v) is 8.77. The monoisotopic (exact) mass is 308 g/mol. The van der Waals surface area contributed by atoms with Crippen LogP contribution in [0.15, 0.2) is 12.2 Å². The maximum Gasteiger partial charge on any atom is 0.309 e. The molecule has 126 valence electrons. The number of aliphatic hydroxyl groups excluding tert-OH is 1. The Hall–Kier alpha value is -0.830. The molecule has 2 aliphatic carbocycles. The van der Waals surface area contributed by atoms with Crippen molar-refractivity contribution >= 4 is 5.97 Å². The molecule has 0 aliphatic heterocycles. The standard InChI is InChI=1S/C19H32O3/c1-13(12-20)6-8-15-14(2)7-9-16-18(15,3)10-5-11-19(16,4)17(21)22/h13,15-16,20H,2,5-12H2,1,3-4H3,(H,21,22). The number of carbonyl (C=O) groups is 1. The summed E-state index contributed by atoms with van der Waals surface area (Å²) in [5.41, 5.74) is 0.767. The summed E-state index contributed by atoms with van der Waals surface area (Å²) in [6, 6.07) is 0. The van der Waals surface area contributed by atoms with Gasteiger partial charge in [-0.2, -0.15) is 0 Å². The van der Waals surface area contributed by atoms with E-state index in [4.69, 9.17) is 0 Å². The molecule has 2 aliphatic rings. The molecule has 0 amide bonds. The zero-order valence-corrected chi connectivity index (χ0v) is 14.4. The molecular formula is C19H32O3. The van der Waals surface area contributed by atoms with Crippen LogP contribution in [0.25, 0.3) is 0 Å². The second-order valence-corrected chi connectivity index (χ2v) is 8.25. The minimum atomic E-state index is -0.626. The van der Waals surface area contributed by atoms with Gasteiger partial charge in [0.25, 0.3) is 0 Å². The molecule has 2 fully saturated rings. The molecule has 0 spiro atoms. The predicted molar refractivity (Wildman–Crippen MR) is 88.5 cm³/mol. The van der Waals surface area contributed by atoms with Crippen molar-refractivity contribution in [2.75, 3.05) is 6.61 Å². The second-order valence-electron chi connectivity index (χ2n) is 8.25. The van der Waals surface area contributed by atoms with Crippen LogP contribution in [-0.2, 0) is 4.79 Å². The molecule has 2 rings (SSSR count). The molecule has 3 nitrogen and oxygen atoms in total. The number of carboxylic acids is 1. The van der Waals surface area contributed by atoms with Gasteiger partial charge in [-0.25, -0.2) is 0 Å². The smallest absolute Gasteiger partial charge is 0.309 e. The summed E-state index contributed by atoms with van der Waals surface area (Å²) in [6.07, 6.45) is 6.85. The summed E-state index contributed by atoms with van der Waals surface area (Å²) < 4.78 is 0. The molecule has 2 saturated carbocycles. The highest BCUT2D eigenvalue weighted by molar-refractivity contribution is 5.75. The van der Waals surface area contributed by atoms with Gasteiger partial charge < -0.3 is 10.2 Å². The molecule has 0 aromatic heterocycles. The van der Waals surface area contributed by atoms with Gasteiger partial charge in [0.15, 0.2) is 0 Å². The van der Waals surface area contributed by atoms with Crippen molar-refractivity contribution in [3.63, 3.8) is 0 Å². The van der Waals surface area contributed by atoms with E-state index in [1.54, 1.807) is 0 Å². The number of rotatable bonds is 5. The fourth-order valence-corrected chi connectivity index (χ4v) is 5.28. The highest BCUT2D eigenvalue weighted by Crippen LogP contribution is 2.62. The van der Waals surface area contributed by atoms with Crippen LogP contribution in [0.4, 0.5) is 0 Å². The Morgan fingerprint density at radius 3 is 2.68 bits per heavy atom. The normalized spacial score (nSPS) is 40.1. The van der Waals surface area contributed by atoms with E-state index in [9.17, 15) is 15.0 Å². The first kappa shape index (κ1) is 17.5. The summed E-state index contributed by atoms with van der Waals surface area (Å²) >= 11 is 0. The lowest BCUT2D eigenvalue weighted by Crippen LogP contribution is -2.53. The van der Waals surface area contributed by atoms with Gasteiger partial charge in [-0.1, -0.05) is 32.4 Å². The molecular weight excluding hydrogens is 276 g/mol. The Labute approximate surface area is 134 Å². The summed E-state index contributed by atoms with van der Waals surface area (Å²) in [6.45, 7) is 10.9. The predicted octanol–water partition coefficient (Wildman–Crippen LogP) is 4.26. The van der Waals surface area contributed by atoms with Crippen molar-refractivity contribution in [3.05, 3.63) is 12.2 Å². The lowest BCUT2D eigenvalue weighted by molar-refractivity contribution is -0.164. The Bertz CT molecular complexity index is 444. The van der Waals surface area contributed by atoms with Crippen molar-refractivity contribution in [2.45, 2.75) is 65.7 Å². The Balaban J connectivity index is 2.26. The molecule has 3 heteroatoms. The average molecular weight is 308 g/mol. The Kier molecular flexibility index (Phi) is 5.06. The Morgan fingerprint density at radius 1 is 1.41 bits per heavy atom. The fraction of sp³-hybridized carbons (Fsp3) is 0.842. The van der Waals surface area contributed by atoms with E-state index in [2.05, 4.69) is 20.4 Å². The molecule has 5 unspecified atom stereocenters. The van der Waals surface area contributed by atoms with E-state index in [0.29, 0.717) is 11.8 Å². The minimum Gasteiger partial charge on any atom is -0.481 e. The maximum absolute atomic E-state index is 11.9. The van der Waals surface area contributed by atoms with Crippen molar-refractivity contribution in [1.29, 1.82) is 0 Å². The average Bonchev–Trinajstić information content (AvgIpc) is 2.45. The van der Waals surface area contributed by atoms with Crippen LogP contribution in [-0.4, -0.2) is 22.8 Å². The van der Waals surface area contributed by atoms with Crippen molar-refractivity contribution in [1.82, 2.24) is 0 Å². The van der Waals surface area contributed by atoms with E-state index < -0.39 is 11.4 Å². The number of fused-ring (bicyclic) bond motifs is 1. The second kappa shape index (κ2) is 6.35. The summed E-state index contributed by atoms with van der Waals surface area (Å²) in [7, 11) is 0. The van der Waals surface area contributed by atoms with E-state index >= 15 is 0 Å². The van der Waals surface area contributed by atoms with Gasteiger partial charge in [0, 0.05) is 6.61 Å². The van der Waals surface area contributed by atoms with Gasteiger partial charge in [-0.15, -0.1) is 0 Å². The van der Waals surface area contributed by atoms with Crippen LogP contribution in [0.2, 0.25) is 0 Å². The van der Waals surface area contributed by atoms with E-state index in [-0.39, 0.29) is 17.9 Å². The van der Waals surface area contributed by atoms with E-state index in [1.165, 1.54) is 5.57 Å². The van der Waals surface area contributed by atoms with Gasteiger partial charge in [-0.3, -0.25) is 4.79 Å². The zero-order valence-electron chi connectivity index (χ0n) is 14.4. The maximum atomic E-state index is 11.9. The molecule has 22 heavy (non-hydrogen) atoms. The number of aliphatic hydroxyl groups is 1. The SMILES string of the molecule is C=C1CCC2C(C)(C(=O)O)CCCC2(C)C1CCC(C)CO. The fourth-order valence-electron chi connectivity index (χ4n) is 5.28. The minimum absolute atomic E-state index is 0.0515. The molecule has 0 saturated heterocycles.